The summed E-state index contributed by atoms with van der Waals surface area (Å²) >= 11 is 0. The molecular formula is C17H20F3N. The van der Waals surface area contributed by atoms with Gasteiger partial charge in [0.05, 0.1) is 5.56 Å². The standard InChI is InChI=1S/C17H20F3N/c1-10-3-6-14(17(18,19)20)9-16(10)21-11(2)15-8-12-4-5-13(15)7-12/h3-6,9,11-13,15,21H,7-8H2,1-2H3. The highest BCUT2D eigenvalue weighted by Crippen LogP contribution is 2.45. The van der Waals surface area contributed by atoms with Gasteiger partial charge in [-0.25, -0.2) is 0 Å². The van der Waals surface area contributed by atoms with Gasteiger partial charge in [0.1, 0.15) is 0 Å². The fraction of sp³-hybridized carbons (Fsp3) is 0.529. The number of hydrogen-bond acceptors (Lipinski definition) is 1. The number of alkyl halides is 3. The molecule has 0 spiro atoms. The van der Waals surface area contributed by atoms with Gasteiger partial charge in [0, 0.05) is 11.7 Å². The Labute approximate surface area is 123 Å². The van der Waals surface area contributed by atoms with Gasteiger partial charge in [-0.05, 0) is 62.1 Å². The Morgan fingerprint density at radius 3 is 2.52 bits per heavy atom. The smallest absolute Gasteiger partial charge is 0.382 e. The van der Waals surface area contributed by atoms with Gasteiger partial charge in [0.15, 0.2) is 0 Å². The minimum atomic E-state index is -4.29. The van der Waals surface area contributed by atoms with E-state index >= 15 is 0 Å². The normalized spacial score (nSPS) is 28.9. The quantitative estimate of drug-likeness (QED) is 0.771. The van der Waals surface area contributed by atoms with Crippen molar-refractivity contribution in [2.24, 2.45) is 17.8 Å². The Hall–Kier alpha value is -1.45. The van der Waals surface area contributed by atoms with Crippen molar-refractivity contribution in [3.05, 3.63) is 41.5 Å². The summed E-state index contributed by atoms with van der Waals surface area (Å²) in [6.45, 7) is 3.93. The highest BCUT2D eigenvalue weighted by Gasteiger charge is 2.38. The van der Waals surface area contributed by atoms with Crippen LogP contribution >= 0.6 is 0 Å². The van der Waals surface area contributed by atoms with Crippen LogP contribution in [0.5, 0.6) is 0 Å². The van der Waals surface area contributed by atoms with Crippen molar-refractivity contribution >= 4 is 5.69 Å². The Morgan fingerprint density at radius 2 is 1.95 bits per heavy atom. The lowest BCUT2D eigenvalue weighted by Crippen LogP contribution is -2.29. The summed E-state index contributed by atoms with van der Waals surface area (Å²) in [5.41, 5.74) is 0.869. The van der Waals surface area contributed by atoms with E-state index in [1.165, 1.54) is 12.5 Å². The third-order valence-corrected chi connectivity index (χ3v) is 4.92. The molecule has 2 aliphatic rings. The van der Waals surface area contributed by atoms with Crippen LogP contribution in [0.3, 0.4) is 0 Å². The summed E-state index contributed by atoms with van der Waals surface area (Å²) in [5, 5.41) is 3.32. The molecule has 1 N–H and O–H groups in total. The second-order valence-electron chi connectivity index (χ2n) is 6.40. The van der Waals surface area contributed by atoms with Gasteiger partial charge >= 0.3 is 6.18 Å². The molecular weight excluding hydrogens is 275 g/mol. The molecule has 21 heavy (non-hydrogen) atoms. The third-order valence-electron chi connectivity index (χ3n) is 4.92. The van der Waals surface area contributed by atoms with E-state index in [1.54, 1.807) is 6.07 Å². The van der Waals surface area contributed by atoms with E-state index in [1.807, 2.05) is 6.92 Å². The molecule has 4 atom stereocenters. The molecule has 0 radical (unpaired) electrons. The highest BCUT2D eigenvalue weighted by molar-refractivity contribution is 5.54. The number of aryl methyl sites for hydroxylation is 1. The zero-order valence-corrected chi connectivity index (χ0v) is 12.2. The molecule has 1 saturated carbocycles. The molecule has 2 aliphatic carbocycles. The lowest BCUT2D eigenvalue weighted by Gasteiger charge is -2.28. The van der Waals surface area contributed by atoms with Gasteiger partial charge in [-0.2, -0.15) is 13.2 Å². The molecule has 2 bridgehead atoms. The fourth-order valence-corrected chi connectivity index (χ4v) is 3.70. The largest absolute Gasteiger partial charge is 0.416 e. The fourth-order valence-electron chi connectivity index (χ4n) is 3.70. The number of anilines is 1. The first-order valence-electron chi connectivity index (χ1n) is 7.47. The van der Waals surface area contributed by atoms with Crippen LogP contribution in [0.2, 0.25) is 0 Å². The van der Waals surface area contributed by atoms with Crippen molar-refractivity contribution in [2.75, 3.05) is 5.32 Å². The maximum absolute atomic E-state index is 12.8. The van der Waals surface area contributed by atoms with E-state index in [4.69, 9.17) is 0 Å². The molecule has 1 aromatic carbocycles. The first-order chi connectivity index (χ1) is 9.84. The lowest BCUT2D eigenvalue weighted by molar-refractivity contribution is -0.137. The molecule has 0 amide bonds. The number of fused-ring (bicyclic) bond motifs is 2. The van der Waals surface area contributed by atoms with Gasteiger partial charge in [0.25, 0.3) is 0 Å². The number of halogens is 3. The summed E-state index contributed by atoms with van der Waals surface area (Å²) in [7, 11) is 0. The molecule has 1 fully saturated rings. The zero-order chi connectivity index (χ0) is 15.2. The molecule has 4 heteroatoms. The van der Waals surface area contributed by atoms with Gasteiger partial charge < -0.3 is 5.32 Å². The van der Waals surface area contributed by atoms with E-state index in [0.29, 0.717) is 23.4 Å². The Morgan fingerprint density at radius 1 is 1.19 bits per heavy atom. The third kappa shape index (κ3) is 2.81. The van der Waals surface area contributed by atoms with Gasteiger partial charge in [-0.1, -0.05) is 18.2 Å². The molecule has 0 aromatic heterocycles. The molecule has 0 saturated heterocycles. The second-order valence-corrected chi connectivity index (χ2v) is 6.40. The summed E-state index contributed by atoms with van der Waals surface area (Å²) in [6.07, 6.45) is 2.62. The molecule has 0 heterocycles. The van der Waals surface area contributed by atoms with E-state index in [9.17, 15) is 13.2 Å². The molecule has 114 valence electrons. The first-order valence-corrected chi connectivity index (χ1v) is 7.47. The van der Waals surface area contributed by atoms with Crippen molar-refractivity contribution < 1.29 is 13.2 Å². The SMILES string of the molecule is Cc1ccc(C(F)(F)F)cc1NC(C)C1CC2C=CC1C2. The monoisotopic (exact) mass is 295 g/mol. The average Bonchev–Trinajstić information content (AvgIpc) is 3.02. The van der Waals surface area contributed by atoms with Crippen molar-refractivity contribution in [3.8, 4) is 0 Å². The van der Waals surface area contributed by atoms with Crippen LogP contribution in [0.25, 0.3) is 0 Å². The molecule has 1 aromatic rings. The van der Waals surface area contributed by atoms with E-state index < -0.39 is 11.7 Å². The van der Waals surface area contributed by atoms with Crippen molar-refractivity contribution in [3.63, 3.8) is 0 Å². The van der Waals surface area contributed by atoms with Crippen LogP contribution in [0.15, 0.2) is 30.4 Å². The van der Waals surface area contributed by atoms with Crippen LogP contribution in [-0.4, -0.2) is 6.04 Å². The predicted octanol–water partition coefficient (Wildman–Crippen LogP) is 5.03. The van der Waals surface area contributed by atoms with E-state index in [2.05, 4.69) is 24.4 Å². The van der Waals surface area contributed by atoms with E-state index in [0.717, 1.165) is 18.1 Å². The van der Waals surface area contributed by atoms with Crippen LogP contribution in [0.1, 0.15) is 30.9 Å². The Bertz CT molecular complexity index is 562. The Balaban J connectivity index is 1.76. The highest BCUT2D eigenvalue weighted by atomic mass is 19.4. The zero-order valence-electron chi connectivity index (χ0n) is 12.2. The molecule has 3 rings (SSSR count). The molecule has 1 nitrogen and oxygen atoms in total. The molecule has 4 unspecified atom stereocenters. The van der Waals surface area contributed by atoms with Crippen LogP contribution < -0.4 is 5.32 Å². The van der Waals surface area contributed by atoms with Crippen LogP contribution in [-0.2, 0) is 6.18 Å². The van der Waals surface area contributed by atoms with E-state index in [-0.39, 0.29) is 6.04 Å². The topological polar surface area (TPSA) is 12.0 Å². The maximum Gasteiger partial charge on any atom is 0.416 e. The summed E-state index contributed by atoms with van der Waals surface area (Å²) in [6, 6.07) is 4.10. The number of hydrogen-bond donors (Lipinski definition) is 1. The minimum Gasteiger partial charge on any atom is -0.382 e. The average molecular weight is 295 g/mol. The number of rotatable bonds is 3. The second kappa shape index (κ2) is 5.08. The number of benzene rings is 1. The van der Waals surface area contributed by atoms with Crippen LogP contribution in [0.4, 0.5) is 18.9 Å². The maximum atomic E-state index is 12.8. The van der Waals surface area contributed by atoms with Crippen molar-refractivity contribution in [1.29, 1.82) is 0 Å². The summed E-state index contributed by atoms with van der Waals surface area (Å²) in [4.78, 5) is 0. The Kier molecular flexibility index (Phi) is 3.50. The van der Waals surface area contributed by atoms with Crippen molar-refractivity contribution in [1.82, 2.24) is 0 Å². The number of nitrogens with one attached hydrogen (secondary N) is 1. The first kappa shape index (κ1) is 14.5. The predicted molar refractivity (Wildman–Crippen MR) is 78.1 cm³/mol. The number of allylic oxidation sites excluding steroid dienone is 2. The van der Waals surface area contributed by atoms with Gasteiger partial charge in [0.2, 0.25) is 0 Å². The van der Waals surface area contributed by atoms with Crippen LogP contribution in [0, 0.1) is 24.7 Å². The molecule has 0 aliphatic heterocycles. The minimum absolute atomic E-state index is 0.187. The summed E-state index contributed by atoms with van der Waals surface area (Å²) < 4.78 is 38.5. The van der Waals surface area contributed by atoms with Gasteiger partial charge in [-0.3, -0.25) is 0 Å². The van der Waals surface area contributed by atoms with Crippen molar-refractivity contribution in [2.45, 2.75) is 38.9 Å². The lowest BCUT2D eigenvalue weighted by atomic mass is 9.87. The van der Waals surface area contributed by atoms with Gasteiger partial charge in [-0.15, -0.1) is 0 Å². The summed E-state index contributed by atoms with van der Waals surface area (Å²) in [5.74, 6) is 1.78.